The Hall–Kier alpha value is -3.14. The number of nitrogens with one attached hydrogen (secondary N) is 2. The third-order valence-corrected chi connectivity index (χ3v) is 4.54. The Morgan fingerprint density at radius 3 is 2.19 bits per heavy atom. The number of carboxylic acids is 1. The van der Waals surface area contributed by atoms with Crippen LogP contribution in [0.1, 0.15) is 38.7 Å². The lowest BCUT2D eigenvalue weighted by Gasteiger charge is -2.24. The van der Waals surface area contributed by atoms with E-state index in [2.05, 4.69) is 15.6 Å². The van der Waals surface area contributed by atoms with Gasteiger partial charge in [0.05, 0.1) is 6.04 Å². The fraction of sp³-hybridized carbons (Fsp3) is 0.524. The van der Waals surface area contributed by atoms with E-state index >= 15 is 0 Å². The second-order valence-electron chi connectivity index (χ2n) is 7.84. The quantitative estimate of drug-likeness (QED) is 0.140. The van der Waals surface area contributed by atoms with Crippen molar-refractivity contribution in [2.24, 2.45) is 28.1 Å². The molecule has 0 bridgehead atoms. The first kappa shape index (κ1) is 25.9. The second-order valence-corrected chi connectivity index (χ2v) is 7.84. The van der Waals surface area contributed by atoms with Crippen molar-refractivity contribution in [1.82, 2.24) is 10.6 Å². The number of aliphatic carboxylic acids is 1. The number of aliphatic imine (C=N–C) groups is 1. The van der Waals surface area contributed by atoms with E-state index in [4.69, 9.17) is 17.2 Å². The highest BCUT2D eigenvalue weighted by atomic mass is 16.4. The fourth-order valence-electron chi connectivity index (χ4n) is 2.98. The van der Waals surface area contributed by atoms with Crippen LogP contribution in [0.25, 0.3) is 0 Å². The Morgan fingerprint density at radius 2 is 1.65 bits per heavy atom. The summed E-state index contributed by atoms with van der Waals surface area (Å²) in [5, 5.41) is 14.6. The molecule has 0 saturated heterocycles. The molecule has 1 aromatic carbocycles. The largest absolute Gasteiger partial charge is 0.480 e. The van der Waals surface area contributed by atoms with E-state index in [0.29, 0.717) is 19.3 Å². The van der Waals surface area contributed by atoms with Crippen molar-refractivity contribution in [3.05, 3.63) is 35.9 Å². The third-order valence-electron chi connectivity index (χ3n) is 4.54. The standard InChI is InChI=1S/C21H34N6O4/c1-13(2)11-17(27-18(28)15(22)12-14-7-4-3-5-8-14)19(29)26-16(20(30)31)9-6-10-25-21(23)24/h3-5,7-8,13,15-17H,6,9-12,22H2,1-2H3,(H,26,29)(H,27,28)(H,30,31)(H4,23,24,25)/t15-,16+,17-/m1/s1. The van der Waals surface area contributed by atoms with Crippen LogP contribution in [0.15, 0.2) is 35.3 Å². The molecule has 0 aliphatic carbocycles. The highest BCUT2D eigenvalue weighted by Crippen LogP contribution is 2.08. The minimum absolute atomic E-state index is 0.0811. The number of guanidine groups is 1. The number of benzene rings is 1. The predicted octanol–water partition coefficient (Wildman–Crippen LogP) is -0.290. The minimum atomic E-state index is -1.17. The van der Waals surface area contributed by atoms with E-state index in [1.165, 1.54) is 0 Å². The second kappa shape index (κ2) is 13.2. The van der Waals surface area contributed by atoms with Gasteiger partial charge in [-0.2, -0.15) is 0 Å². The third kappa shape index (κ3) is 10.4. The number of hydrogen-bond acceptors (Lipinski definition) is 5. The molecular weight excluding hydrogens is 400 g/mol. The number of nitrogens with zero attached hydrogens (tertiary/aromatic N) is 1. The van der Waals surface area contributed by atoms with Crippen LogP contribution in [0.4, 0.5) is 0 Å². The van der Waals surface area contributed by atoms with Crippen LogP contribution in [-0.4, -0.2) is 53.5 Å². The van der Waals surface area contributed by atoms with E-state index in [0.717, 1.165) is 5.56 Å². The summed E-state index contributed by atoms with van der Waals surface area (Å²) in [6.07, 6.45) is 1.19. The molecule has 0 heterocycles. The average Bonchev–Trinajstić information content (AvgIpc) is 2.69. The molecule has 3 atom stereocenters. The predicted molar refractivity (Wildman–Crippen MR) is 119 cm³/mol. The number of carbonyl (C=O) groups is 3. The van der Waals surface area contributed by atoms with E-state index in [9.17, 15) is 19.5 Å². The maximum Gasteiger partial charge on any atom is 0.326 e. The molecule has 9 N–H and O–H groups in total. The Kier molecular flexibility index (Phi) is 11.0. The summed E-state index contributed by atoms with van der Waals surface area (Å²) in [6, 6.07) is 6.47. The molecule has 0 unspecified atom stereocenters. The molecule has 0 fully saturated rings. The molecule has 0 radical (unpaired) electrons. The molecular formula is C21H34N6O4. The zero-order valence-corrected chi connectivity index (χ0v) is 18.1. The molecule has 0 saturated carbocycles. The number of hydrogen-bond donors (Lipinski definition) is 6. The van der Waals surface area contributed by atoms with Crippen molar-refractivity contribution < 1.29 is 19.5 Å². The number of carbonyl (C=O) groups excluding carboxylic acids is 2. The topological polar surface area (TPSA) is 186 Å². The number of rotatable bonds is 13. The van der Waals surface area contributed by atoms with Crippen LogP contribution in [-0.2, 0) is 20.8 Å². The number of amides is 2. The lowest BCUT2D eigenvalue weighted by molar-refractivity contribution is -0.142. The molecule has 10 heteroatoms. The molecule has 1 rings (SSSR count). The van der Waals surface area contributed by atoms with Gasteiger partial charge in [0.15, 0.2) is 5.96 Å². The molecule has 10 nitrogen and oxygen atoms in total. The van der Waals surface area contributed by atoms with E-state index in [1.807, 2.05) is 44.2 Å². The summed E-state index contributed by atoms with van der Waals surface area (Å²) >= 11 is 0. The highest BCUT2D eigenvalue weighted by Gasteiger charge is 2.28. The highest BCUT2D eigenvalue weighted by molar-refractivity contribution is 5.91. The normalized spacial score (nSPS) is 13.7. The van der Waals surface area contributed by atoms with Gasteiger partial charge in [-0.05, 0) is 37.2 Å². The molecule has 0 spiro atoms. The first-order valence-corrected chi connectivity index (χ1v) is 10.3. The van der Waals surface area contributed by atoms with Gasteiger partial charge in [0.1, 0.15) is 12.1 Å². The van der Waals surface area contributed by atoms with Crippen LogP contribution in [0, 0.1) is 5.92 Å². The lowest BCUT2D eigenvalue weighted by Crippen LogP contribution is -2.55. The van der Waals surface area contributed by atoms with E-state index in [1.54, 1.807) is 0 Å². The van der Waals surface area contributed by atoms with Gasteiger partial charge in [-0.15, -0.1) is 0 Å². The Labute approximate surface area is 182 Å². The summed E-state index contributed by atoms with van der Waals surface area (Å²) in [4.78, 5) is 40.7. The van der Waals surface area contributed by atoms with Gasteiger partial charge in [-0.1, -0.05) is 44.2 Å². The summed E-state index contributed by atoms with van der Waals surface area (Å²) in [6.45, 7) is 4.06. The van der Waals surface area contributed by atoms with Crippen molar-refractivity contribution in [2.75, 3.05) is 6.54 Å². The van der Waals surface area contributed by atoms with Crippen LogP contribution in [0.2, 0.25) is 0 Å². The average molecular weight is 435 g/mol. The van der Waals surface area contributed by atoms with Gasteiger partial charge in [-0.25, -0.2) is 4.79 Å². The van der Waals surface area contributed by atoms with Gasteiger partial charge in [0, 0.05) is 6.54 Å². The van der Waals surface area contributed by atoms with E-state index < -0.39 is 35.9 Å². The van der Waals surface area contributed by atoms with Gasteiger partial charge in [0.25, 0.3) is 0 Å². The maximum absolute atomic E-state index is 12.8. The van der Waals surface area contributed by atoms with Crippen molar-refractivity contribution in [1.29, 1.82) is 0 Å². The molecule has 0 aliphatic heterocycles. The molecule has 172 valence electrons. The summed E-state index contributed by atoms with van der Waals surface area (Å²) in [5.74, 6) is -2.20. The van der Waals surface area contributed by atoms with Crippen LogP contribution >= 0.6 is 0 Å². The molecule has 0 aromatic heterocycles. The zero-order valence-electron chi connectivity index (χ0n) is 18.1. The summed E-state index contributed by atoms with van der Waals surface area (Å²) < 4.78 is 0. The molecule has 2 amide bonds. The van der Waals surface area contributed by atoms with Crippen molar-refractivity contribution in [3.8, 4) is 0 Å². The Bertz CT molecular complexity index is 749. The van der Waals surface area contributed by atoms with Crippen LogP contribution in [0.5, 0.6) is 0 Å². The number of carboxylic acid groups (broad SMARTS) is 1. The van der Waals surface area contributed by atoms with Gasteiger partial charge in [-0.3, -0.25) is 14.6 Å². The van der Waals surface area contributed by atoms with Crippen molar-refractivity contribution in [2.45, 2.75) is 57.7 Å². The Balaban J connectivity index is 2.74. The smallest absolute Gasteiger partial charge is 0.326 e. The minimum Gasteiger partial charge on any atom is -0.480 e. The first-order chi connectivity index (χ1) is 14.6. The van der Waals surface area contributed by atoms with Crippen molar-refractivity contribution in [3.63, 3.8) is 0 Å². The van der Waals surface area contributed by atoms with Crippen molar-refractivity contribution >= 4 is 23.7 Å². The zero-order chi connectivity index (χ0) is 23.4. The van der Waals surface area contributed by atoms with Gasteiger partial charge >= 0.3 is 5.97 Å². The summed E-state index contributed by atoms with van der Waals surface area (Å²) in [5.41, 5.74) is 17.4. The lowest BCUT2D eigenvalue weighted by atomic mass is 10.0. The maximum atomic E-state index is 12.8. The van der Waals surface area contributed by atoms with Crippen LogP contribution < -0.4 is 27.8 Å². The van der Waals surface area contributed by atoms with Gasteiger partial charge < -0.3 is 32.9 Å². The Morgan fingerprint density at radius 1 is 1.03 bits per heavy atom. The van der Waals surface area contributed by atoms with E-state index in [-0.39, 0.29) is 24.8 Å². The molecule has 1 aromatic rings. The SMILES string of the molecule is CC(C)C[C@@H](NC(=O)[C@H](N)Cc1ccccc1)C(=O)N[C@@H](CCCN=C(N)N)C(=O)O. The molecule has 0 aliphatic rings. The number of nitrogens with two attached hydrogens (primary N) is 3. The first-order valence-electron chi connectivity index (χ1n) is 10.3. The monoisotopic (exact) mass is 434 g/mol. The fourth-order valence-corrected chi connectivity index (χ4v) is 2.98. The molecule has 31 heavy (non-hydrogen) atoms. The summed E-state index contributed by atoms with van der Waals surface area (Å²) in [7, 11) is 0. The van der Waals surface area contributed by atoms with Gasteiger partial charge in [0.2, 0.25) is 11.8 Å². The van der Waals surface area contributed by atoms with Crippen LogP contribution in [0.3, 0.4) is 0 Å².